The highest BCUT2D eigenvalue weighted by Crippen LogP contribution is 2.16. The largest absolute Gasteiger partial charge is 0.316 e. The van der Waals surface area contributed by atoms with E-state index in [4.69, 9.17) is 0 Å². The molecule has 5 heteroatoms. The molecule has 0 radical (unpaired) electrons. The fourth-order valence-electron chi connectivity index (χ4n) is 2.64. The van der Waals surface area contributed by atoms with Gasteiger partial charge in [-0.25, -0.2) is 4.98 Å². The first kappa shape index (κ1) is 14.1. The highest BCUT2D eigenvalue weighted by molar-refractivity contribution is 6.06. The Morgan fingerprint density at radius 1 is 0.958 bits per heavy atom. The van der Waals surface area contributed by atoms with Gasteiger partial charge < -0.3 is 5.32 Å². The van der Waals surface area contributed by atoms with E-state index in [1.54, 1.807) is 36.5 Å². The van der Waals surface area contributed by atoms with Crippen LogP contribution in [0, 0.1) is 0 Å². The molecule has 1 N–H and O–H groups in total. The number of hydrogen-bond acceptors (Lipinski definition) is 3. The zero-order valence-electron chi connectivity index (χ0n) is 12.6. The van der Waals surface area contributed by atoms with Gasteiger partial charge in [0.25, 0.3) is 11.5 Å². The van der Waals surface area contributed by atoms with Crippen molar-refractivity contribution in [2.45, 2.75) is 0 Å². The van der Waals surface area contributed by atoms with Crippen LogP contribution in [0.4, 0.5) is 5.69 Å². The van der Waals surface area contributed by atoms with Crippen molar-refractivity contribution in [3.63, 3.8) is 0 Å². The summed E-state index contributed by atoms with van der Waals surface area (Å²) < 4.78 is 1.40. The Morgan fingerprint density at radius 2 is 1.75 bits per heavy atom. The third kappa shape index (κ3) is 2.42. The first-order valence-electron chi connectivity index (χ1n) is 7.49. The number of amides is 1. The zero-order chi connectivity index (χ0) is 16.5. The van der Waals surface area contributed by atoms with E-state index in [0.29, 0.717) is 11.2 Å². The summed E-state index contributed by atoms with van der Waals surface area (Å²) in [4.78, 5) is 29.1. The normalized spacial score (nSPS) is 10.8. The minimum Gasteiger partial charge on any atom is -0.316 e. The average molecular weight is 315 g/mol. The molecule has 1 amide bonds. The molecule has 4 aromatic rings. The first-order valence-corrected chi connectivity index (χ1v) is 7.49. The summed E-state index contributed by atoms with van der Waals surface area (Å²) in [6.45, 7) is 0. The van der Waals surface area contributed by atoms with Gasteiger partial charge in [-0.2, -0.15) is 0 Å². The van der Waals surface area contributed by atoms with Crippen molar-refractivity contribution in [1.82, 2.24) is 9.38 Å². The summed E-state index contributed by atoms with van der Waals surface area (Å²) >= 11 is 0. The van der Waals surface area contributed by atoms with Crippen LogP contribution in [-0.4, -0.2) is 15.3 Å². The lowest BCUT2D eigenvalue weighted by Crippen LogP contribution is -2.23. The Labute approximate surface area is 137 Å². The maximum absolute atomic E-state index is 12.5. The summed E-state index contributed by atoms with van der Waals surface area (Å²) in [7, 11) is 0. The van der Waals surface area contributed by atoms with Crippen LogP contribution in [-0.2, 0) is 0 Å². The second kappa shape index (κ2) is 5.62. The molecule has 5 nitrogen and oxygen atoms in total. The van der Waals surface area contributed by atoms with Gasteiger partial charge in [0.2, 0.25) is 0 Å². The summed E-state index contributed by atoms with van der Waals surface area (Å²) in [5, 5.41) is 4.68. The molecule has 4 rings (SSSR count). The van der Waals surface area contributed by atoms with E-state index >= 15 is 0 Å². The number of pyridine rings is 1. The number of hydrogen-bond donors (Lipinski definition) is 1. The van der Waals surface area contributed by atoms with Gasteiger partial charge in [0.15, 0.2) is 0 Å². The number of benzene rings is 2. The quantitative estimate of drug-likeness (QED) is 0.618. The first-order chi connectivity index (χ1) is 11.7. The second-order valence-electron chi connectivity index (χ2n) is 5.42. The SMILES string of the molecule is O=C(Nc1cnc2ccccn2c1=O)c1ccc2ccccc2c1. The van der Waals surface area contributed by atoms with Gasteiger partial charge in [0.05, 0.1) is 6.20 Å². The van der Waals surface area contributed by atoms with Crippen molar-refractivity contribution in [1.29, 1.82) is 0 Å². The van der Waals surface area contributed by atoms with Crippen LogP contribution < -0.4 is 10.9 Å². The van der Waals surface area contributed by atoms with Gasteiger partial charge in [-0.3, -0.25) is 14.0 Å². The van der Waals surface area contributed by atoms with Crippen LogP contribution in [0.2, 0.25) is 0 Å². The number of fused-ring (bicyclic) bond motifs is 2. The molecule has 0 saturated carbocycles. The maximum atomic E-state index is 12.5. The van der Waals surface area contributed by atoms with E-state index < -0.39 is 0 Å². The lowest BCUT2D eigenvalue weighted by atomic mass is 10.1. The molecule has 24 heavy (non-hydrogen) atoms. The minimum atomic E-state index is -0.337. The second-order valence-corrected chi connectivity index (χ2v) is 5.42. The van der Waals surface area contributed by atoms with Gasteiger partial charge in [0.1, 0.15) is 11.3 Å². The van der Waals surface area contributed by atoms with Crippen LogP contribution in [0.5, 0.6) is 0 Å². The molecule has 2 aromatic carbocycles. The Hall–Kier alpha value is -3.47. The highest BCUT2D eigenvalue weighted by atomic mass is 16.2. The maximum Gasteiger partial charge on any atom is 0.281 e. The summed E-state index contributed by atoms with van der Waals surface area (Å²) in [5.74, 6) is -0.337. The topological polar surface area (TPSA) is 63.5 Å². The highest BCUT2D eigenvalue weighted by Gasteiger charge is 2.11. The summed E-state index contributed by atoms with van der Waals surface area (Å²) in [5.41, 5.74) is 0.865. The van der Waals surface area contributed by atoms with Crippen LogP contribution in [0.3, 0.4) is 0 Å². The van der Waals surface area contributed by atoms with E-state index in [9.17, 15) is 9.59 Å². The Bertz CT molecular complexity index is 1130. The number of carbonyl (C=O) groups is 1. The third-order valence-corrected chi connectivity index (χ3v) is 3.87. The molecule has 0 spiro atoms. The van der Waals surface area contributed by atoms with Crippen molar-refractivity contribution >= 4 is 28.0 Å². The molecule has 0 fully saturated rings. The number of carbonyl (C=O) groups excluding carboxylic acids is 1. The van der Waals surface area contributed by atoms with E-state index in [-0.39, 0.29) is 17.2 Å². The molecule has 0 atom stereocenters. The number of nitrogens with one attached hydrogen (secondary N) is 1. The molecule has 2 aromatic heterocycles. The van der Waals surface area contributed by atoms with Gasteiger partial charge in [0, 0.05) is 11.8 Å². The van der Waals surface area contributed by atoms with Crippen molar-refractivity contribution in [2.24, 2.45) is 0 Å². The molecule has 0 aliphatic carbocycles. The predicted molar refractivity (Wildman–Crippen MR) is 93.4 cm³/mol. The van der Waals surface area contributed by atoms with E-state index in [0.717, 1.165) is 10.8 Å². The molecule has 0 unspecified atom stereocenters. The van der Waals surface area contributed by atoms with Crippen LogP contribution in [0.1, 0.15) is 10.4 Å². The molecule has 0 aliphatic rings. The Morgan fingerprint density at radius 3 is 2.62 bits per heavy atom. The fourth-order valence-corrected chi connectivity index (χ4v) is 2.64. The minimum absolute atomic E-state index is 0.150. The molecule has 116 valence electrons. The lowest BCUT2D eigenvalue weighted by Gasteiger charge is -2.07. The molecular weight excluding hydrogens is 302 g/mol. The Balaban J connectivity index is 1.70. The van der Waals surface area contributed by atoms with Crippen molar-refractivity contribution in [3.8, 4) is 0 Å². The summed E-state index contributed by atoms with van der Waals surface area (Å²) in [6, 6.07) is 18.5. The predicted octanol–water partition coefficient (Wildman–Crippen LogP) is 3.10. The molecule has 2 heterocycles. The van der Waals surface area contributed by atoms with Gasteiger partial charge in [-0.15, -0.1) is 0 Å². The van der Waals surface area contributed by atoms with Gasteiger partial charge in [-0.05, 0) is 35.0 Å². The smallest absolute Gasteiger partial charge is 0.281 e. The average Bonchev–Trinajstić information content (AvgIpc) is 2.64. The van der Waals surface area contributed by atoms with Crippen molar-refractivity contribution in [2.75, 3.05) is 5.32 Å². The van der Waals surface area contributed by atoms with Gasteiger partial charge in [-0.1, -0.05) is 36.4 Å². The number of nitrogens with zero attached hydrogens (tertiary/aromatic N) is 2. The van der Waals surface area contributed by atoms with Crippen LogP contribution in [0.25, 0.3) is 16.4 Å². The van der Waals surface area contributed by atoms with Crippen LogP contribution >= 0.6 is 0 Å². The number of anilines is 1. The van der Waals surface area contributed by atoms with E-state index in [1.165, 1.54) is 10.6 Å². The van der Waals surface area contributed by atoms with Crippen molar-refractivity contribution in [3.05, 3.63) is 89.0 Å². The van der Waals surface area contributed by atoms with Crippen LogP contribution in [0.15, 0.2) is 77.9 Å². The molecule has 0 saturated heterocycles. The lowest BCUT2D eigenvalue weighted by molar-refractivity contribution is 0.102. The van der Waals surface area contributed by atoms with Crippen molar-refractivity contribution < 1.29 is 4.79 Å². The zero-order valence-corrected chi connectivity index (χ0v) is 12.6. The van der Waals surface area contributed by atoms with Gasteiger partial charge >= 0.3 is 0 Å². The third-order valence-electron chi connectivity index (χ3n) is 3.87. The number of aromatic nitrogens is 2. The van der Waals surface area contributed by atoms with E-state index in [1.807, 2.05) is 30.3 Å². The fraction of sp³-hybridized carbons (Fsp3) is 0. The van der Waals surface area contributed by atoms with E-state index in [2.05, 4.69) is 10.3 Å². The number of rotatable bonds is 2. The Kier molecular flexibility index (Phi) is 3.31. The monoisotopic (exact) mass is 315 g/mol. The standard InChI is InChI=1S/C19H13N3O2/c23-18(15-9-8-13-5-1-2-6-14(13)11-15)21-16-12-20-17-7-3-4-10-22(17)19(16)24/h1-12H,(H,21,23). The molecule has 0 aliphatic heterocycles. The molecule has 0 bridgehead atoms. The summed E-state index contributed by atoms with van der Waals surface area (Å²) in [6.07, 6.45) is 3.01. The molecular formula is C19H13N3O2.